The standard InChI is InChI=1S/C14H13N3OS2/c1-10-3-5-11(6-4-10)20-13-12(9-15-18-2)17-7-8-19-14(17)16-13/h3-9H,1-2H3. The van der Waals surface area contributed by atoms with Crippen molar-refractivity contribution in [1.82, 2.24) is 9.38 Å². The lowest BCUT2D eigenvalue weighted by Crippen LogP contribution is -1.90. The third-order valence-electron chi connectivity index (χ3n) is 2.78. The highest BCUT2D eigenvalue weighted by atomic mass is 32.2. The summed E-state index contributed by atoms with van der Waals surface area (Å²) in [7, 11) is 1.54. The van der Waals surface area contributed by atoms with Crippen molar-refractivity contribution >= 4 is 34.3 Å². The number of nitrogens with zero attached hydrogens (tertiary/aromatic N) is 3. The Hall–Kier alpha value is -1.79. The Morgan fingerprint density at radius 1 is 1.35 bits per heavy atom. The predicted octanol–water partition coefficient (Wildman–Crippen LogP) is 3.84. The highest BCUT2D eigenvalue weighted by molar-refractivity contribution is 7.99. The second kappa shape index (κ2) is 5.68. The van der Waals surface area contributed by atoms with Crippen LogP contribution in [0.25, 0.3) is 4.96 Å². The molecule has 0 fully saturated rings. The van der Waals surface area contributed by atoms with Gasteiger partial charge in [0, 0.05) is 16.5 Å². The van der Waals surface area contributed by atoms with Gasteiger partial charge in [-0.25, -0.2) is 4.98 Å². The minimum Gasteiger partial charge on any atom is -0.399 e. The van der Waals surface area contributed by atoms with Crippen LogP contribution in [0.5, 0.6) is 0 Å². The molecule has 0 bridgehead atoms. The Kier molecular flexibility index (Phi) is 3.75. The summed E-state index contributed by atoms with van der Waals surface area (Å²) in [6.45, 7) is 2.08. The van der Waals surface area contributed by atoms with Crippen molar-refractivity contribution in [2.24, 2.45) is 5.16 Å². The molecule has 6 heteroatoms. The van der Waals surface area contributed by atoms with Crippen LogP contribution in [0, 0.1) is 6.92 Å². The summed E-state index contributed by atoms with van der Waals surface area (Å²) in [6.07, 6.45) is 3.69. The zero-order valence-corrected chi connectivity index (χ0v) is 12.7. The van der Waals surface area contributed by atoms with E-state index in [1.165, 1.54) is 12.7 Å². The van der Waals surface area contributed by atoms with Gasteiger partial charge >= 0.3 is 0 Å². The average Bonchev–Trinajstić information content (AvgIpc) is 3.00. The highest BCUT2D eigenvalue weighted by Gasteiger charge is 2.13. The number of aromatic nitrogens is 2. The van der Waals surface area contributed by atoms with Crippen molar-refractivity contribution in [2.45, 2.75) is 16.8 Å². The van der Waals surface area contributed by atoms with Crippen LogP contribution in [0.15, 0.2) is 50.9 Å². The summed E-state index contributed by atoms with van der Waals surface area (Å²) in [6, 6.07) is 8.41. The quantitative estimate of drug-likeness (QED) is 0.543. The van der Waals surface area contributed by atoms with Crippen LogP contribution >= 0.6 is 23.1 Å². The molecule has 0 atom stereocenters. The lowest BCUT2D eigenvalue weighted by molar-refractivity contribution is 0.215. The number of rotatable bonds is 4. The Bertz CT molecular complexity index is 743. The average molecular weight is 303 g/mol. The zero-order chi connectivity index (χ0) is 13.9. The molecular weight excluding hydrogens is 290 g/mol. The van der Waals surface area contributed by atoms with Crippen LogP contribution in [-0.4, -0.2) is 22.7 Å². The summed E-state index contributed by atoms with van der Waals surface area (Å²) in [5.41, 5.74) is 2.19. The van der Waals surface area contributed by atoms with Crippen molar-refractivity contribution in [1.29, 1.82) is 0 Å². The van der Waals surface area contributed by atoms with Gasteiger partial charge in [0.05, 0.1) is 6.21 Å². The highest BCUT2D eigenvalue weighted by Crippen LogP contribution is 2.31. The molecule has 0 saturated heterocycles. The van der Waals surface area contributed by atoms with Crippen molar-refractivity contribution in [3.8, 4) is 0 Å². The second-order valence-corrected chi connectivity index (χ2v) is 6.13. The fraction of sp³-hybridized carbons (Fsp3) is 0.143. The molecule has 1 aromatic carbocycles. The van der Waals surface area contributed by atoms with Gasteiger partial charge < -0.3 is 4.84 Å². The van der Waals surface area contributed by atoms with Crippen molar-refractivity contribution in [3.63, 3.8) is 0 Å². The number of thiazole rings is 1. The van der Waals surface area contributed by atoms with E-state index in [2.05, 4.69) is 41.3 Å². The summed E-state index contributed by atoms with van der Waals surface area (Å²) in [5, 5.41) is 6.80. The molecule has 2 heterocycles. The fourth-order valence-electron chi connectivity index (χ4n) is 1.80. The van der Waals surface area contributed by atoms with E-state index in [1.54, 1.807) is 29.3 Å². The van der Waals surface area contributed by atoms with Crippen molar-refractivity contribution in [2.75, 3.05) is 7.11 Å². The van der Waals surface area contributed by atoms with Gasteiger partial charge in [0.1, 0.15) is 17.8 Å². The summed E-state index contributed by atoms with van der Waals surface area (Å²) in [4.78, 5) is 11.5. The van der Waals surface area contributed by atoms with Crippen LogP contribution in [0.2, 0.25) is 0 Å². The monoisotopic (exact) mass is 303 g/mol. The lowest BCUT2D eigenvalue weighted by atomic mass is 10.2. The molecule has 102 valence electrons. The van der Waals surface area contributed by atoms with Gasteiger partial charge in [-0.3, -0.25) is 4.40 Å². The van der Waals surface area contributed by atoms with Crippen LogP contribution in [0.1, 0.15) is 11.3 Å². The first-order valence-corrected chi connectivity index (χ1v) is 7.74. The zero-order valence-electron chi connectivity index (χ0n) is 11.1. The molecule has 3 aromatic rings. The maximum Gasteiger partial charge on any atom is 0.195 e. The minimum absolute atomic E-state index is 0.932. The number of imidazole rings is 1. The van der Waals surface area contributed by atoms with Gasteiger partial charge in [-0.1, -0.05) is 34.6 Å². The SMILES string of the molecule is CON=Cc1c(Sc2ccc(C)cc2)nc2sccn12. The van der Waals surface area contributed by atoms with Gasteiger partial charge in [-0.2, -0.15) is 0 Å². The van der Waals surface area contributed by atoms with Gasteiger partial charge in [-0.15, -0.1) is 11.3 Å². The molecule has 0 aliphatic carbocycles. The maximum atomic E-state index is 4.78. The van der Waals surface area contributed by atoms with E-state index in [-0.39, 0.29) is 0 Å². The minimum atomic E-state index is 0.932. The Labute approximate surface area is 125 Å². The Morgan fingerprint density at radius 3 is 2.90 bits per heavy atom. The summed E-state index contributed by atoms with van der Waals surface area (Å²) in [5.74, 6) is 0. The van der Waals surface area contributed by atoms with Gasteiger partial charge in [-0.05, 0) is 19.1 Å². The predicted molar refractivity (Wildman–Crippen MR) is 83.0 cm³/mol. The van der Waals surface area contributed by atoms with E-state index in [4.69, 9.17) is 4.84 Å². The molecule has 0 saturated carbocycles. The third kappa shape index (κ3) is 2.57. The molecule has 4 nitrogen and oxygen atoms in total. The molecule has 0 aliphatic rings. The van der Waals surface area contributed by atoms with E-state index in [0.717, 1.165) is 20.6 Å². The summed E-state index contributed by atoms with van der Waals surface area (Å²) < 4.78 is 2.02. The smallest absolute Gasteiger partial charge is 0.195 e. The number of oxime groups is 1. The lowest BCUT2D eigenvalue weighted by Gasteiger charge is -2.00. The van der Waals surface area contributed by atoms with Crippen LogP contribution in [0.4, 0.5) is 0 Å². The van der Waals surface area contributed by atoms with Gasteiger partial charge in [0.15, 0.2) is 4.96 Å². The van der Waals surface area contributed by atoms with Crippen molar-refractivity contribution in [3.05, 3.63) is 47.1 Å². The molecule has 0 spiro atoms. The number of benzene rings is 1. The first kappa shape index (κ1) is 13.2. The van der Waals surface area contributed by atoms with Crippen molar-refractivity contribution < 1.29 is 4.84 Å². The Balaban J connectivity index is 1.99. The van der Waals surface area contributed by atoms with Crippen LogP contribution < -0.4 is 0 Å². The number of hydrogen-bond acceptors (Lipinski definition) is 5. The van der Waals surface area contributed by atoms with E-state index in [9.17, 15) is 0 Å². The maximum absolute atomic E-state index is 4.78. The second-order valence-electron chi connectivity index (χ2n) is 4.19. The molecule has 0 N–H and O–H groups in total. The molecule has 2 aromatic heterocycles. The van der Waals surface area contributed by atoms with Crippen LogP contribution in [0.3, 0.4) is 0 Å². The number of aryl methyl sites for hydroxylation is 1. The first-order chi connectivity index (χ1) is 9.78. The molecule has 0 radical (unpaired) electrons. The molecule has 0 amide bonds. The number of hydrogen-bond donors (Lipinski definition) is 0. The summed E-state index contributed by atoms with van der Waals surface area (Å²) >= 11 is 3.24. The fourth-order valence-corrected chi connectivity index (χ4v) is 3.46. The largest absolute Gasteiger partial charge is 0.399 e. The molecule has 20 heavy (non-hydrogen) atoms. The number of fused-ring (bicyclic) bond motifs is 1. The van der Waals surface area contributed by atoms with E-state index in [0.29, 0.717) is 0 Å². The third-order valence-corrected chi connectivity index (χ3v) is 4.54. The molecule has 3 rings (SSSR count). The topological polar surface area (TPSA) is 38.9 Å². The van der Waals surface area contributed by atoms with E-state index in [1.807, 2.05) is 16.0 Å². The van der Waals surface area contributed by atoms with E-state index >= 15 is 0 Å². The van der Waals surface area contributed by atoms with Gasteiger partial charge in [0.2, 0.25) is 0 Å². The van der Waals surface area contributed by atoms with Gasteiger partial charge in [0.25, 0.3) is 0 Å². The molecule has 0 unspecified atom stereocenters. The first-order valence-electron chi connectivity index (χ1n) is 6.04. The van der Waals surface area contributed by atoms with E-state index < -0.39 is 0 Å². The van der Waals surface area contributed by atoms with Crippen LogP contribution in [-0.2, 0) is 4.84 Å². The normalized spacial score (nSPS) is 11.5. The molecule has 0 aliphatic heterocycles. The molecular formula is C14H13N3OS2. The Morgan fingerprint density at radius 2 is 2.15 bits per heavy atom.